The zero-order valence-electron chi connectivity index (χ0n) is 48.9. The highest BCUT2D eigenvalue weighted by Gasteiger charge is 2.50. The molecule has 444 valence electrons. The maximum absolute atomic E-state index is 15.1. The second kappa shape index (κ2) is 22.7. The van der Waals surface area contributed by atoms with Gasteiger partial charge in [-0.2, -0.15) is 0 Å². The van der Waals surface area contributed by atoms with Gasteiger partial charge in [-0.3, -0.25) is 14.6 Å². The van der Waals surface area contributed by atoms with Crippen LogP contribution in [0.5, 0.6) is 23.1 Å². The molecule has 1 amide bonds. The molecule has 7 aromatic rings. The lowest BCUT2D eigenvalue weighted by atomic mass is 9.59. The van der Waals surface area contributed by atoms with Crippen LogP contribution in [0, 0.1) is 23.5 Å². The number of hydroxylamine groups is 1. The topological polar surface area (TPSA) is 215 Å². The number of methoxy groups -OCH3 is 2. The van der Waals surface area contributed by atoms with Crippen molar-refractivity contribution < 1.29 is 46.4 Å². The number of allylic oxidation sites excluding steroid dienone is 1. The van der Waals surface area contributed by atoms with Crippen molar-refractivity contribution in [3.05, 3.63) is 130 Å². The van der Waals surface area contributed by atoms with E-state index in [2.05, 4.69) is 89.9 Å². The van der Waals surface area contributed by atoms with Gasteiger partial charge in [0.05, 0.1) is 50.0 Å². The normalized spacial score (nSPS) is 21.6. The fourth-order valence-electron chi connectivity index (χ4n) is 13.9. The number of carbonyl (C=O) groups is 1. The minimum atomic E-state index is -4.71. The number of rotatable bonds is 17. The molecular weight excluding hydrogens is 1090 g/mol. The zero-order chi connectivity index (χ0) is 58.8. The van der Waals surface area contributed by atoms with Crippen LogP contribution in [-0.4, -0.2) is 116 Å². The first-order valence-corrected chi connectivity index (χ1v) is 31.0. The molecule has 2 saturated heterocycles. The Balaban J connectivity index is 0.778. The molecule has 18 nitrogen and oxygen atoms in total. The minimum Gasteiger partial charge on any atom is -0.629 e. The summed E-state index contributed by atoms with van der Waals surface area (Å²) in [6.07, 6.45) is 10.0. The fourth-order valence-corrected chi connectivity index (χ4v) is 15.1. The number of piperazine rings is 1. The summed E-state index contributed by atoms with van der Waals surface area (Å²) < 4.78 is 70.4. The predicted octanol–water partition coefficient (Wildman–Crippen LogP) is 10.2. The van der Waals surface area contributed by atoms with Crippen molar-refractivity contribution in [2.24, 2.45) is 11.3 Å². The van der Waals surface area contributed by atoms with Crippen LogP contribution in [0.1, 0.15) is 128 Å². The number of imidazole rings is 1. The first-order valence-electron chi connectivity index (χ1n) is 29.5. The number of benzene rings is 4. The number of pyridine rings is 1. The minimum absolute atomic E-state index is 0.00731. The second-order valence-corrected chi connectivity index (χ2v) is 26.3. The Bertz CT molecular complexity index is 3780. The number of piperidine rings is 1. The summed E-state index contributed by atoms with van der Waals surface area (Å²) >= 11 is 0. The van der Waals surface area contributed by atoms with E-state index in [1.165, 1.54) is 61.5 Å². The van der Waals surface area contributed by atoms with Crippen LogP contribution in [0.25, 0.3) is 27.8 Å². The van der Waals surface area contributed by atoms with Crippen LogP contribution in [0.2, 0.25) is 0 Å². The highest BCUT2D eigenvalue weighted by molar-refractivity contribution is 7.90. The molecule has 2 aliphatic heterocycles. The van der Waals surface area contributed by atoms with E-state index < -0.39 is 32.4 Å². The Morgan fingerprint density at radius 3 is 2.49 bits per heavy atom. The number of aromatic nitrogens is 3. The molecule has 84 heavy (non-hydrogen) atoms. The molecule has 3 aromatic heterocycles. The number of nitrogens with zero attached hydrogens (tertiary/aromatic N) is 5. The molecule has 4 aromatic carbocycles. The lowest BCUT2D eigenvalue weighted by Gasteiger charge is -2.58. The lowest BCUT2D eigenvalue weighted by molar-refractivity contribution is -0.750. The largest absolute Gasteiger partial charge is 0.629 e. The van der Waals surface area contributed by atoms with Gasteiger partial charge in [0.25, 0.3) is 21.8 Å². The van der Waals surface area contributed by atoms with E-state index in [1.54, 1.807) is 19.2 Å². The molecule has 5 heterocycles. The molecule has 3 aliphatic carbocycles. The lowest BCUT2D eigenvalue weighted by Crippen LogP contribution is -2.98. The highest BCUT2D eigenvalue weighted by Crippen LogP contribution is 2.54. The monoisotopic (exact) mass is 1170 g/mol. The molecule has 20 heteroatoms. The quantitative estimate of drug-likeness (QED) is 0.0537. The third kappa shape index (κ3) is 11.1. The van der Waals surface area contributed by atoms with E-state index in [0.717, 1.165) is 106 Å². The molecular formula is C64H76FN9O9S. The van der Waals surface area contributed by atoms with Gasteiger partial charge in [-0.05, 0) is 136 Å². The second-order valence-electron chi connectivity index (χ2n) is 24.6. The fraction of sp³-hybridized carbons (Fsp3) is 0.453. The number of aliphatic hydroxyl groups is 1. The Hall–Kier alpha value is -7.07. The van der Waals surface area contributed by atoms with Gasteiger partial charge in [-0.1, -0.05) is 44.2 Å². The van der Waals surface area contributed by atoms with E-state index in [4.69, 9.17) is 18.6 Å². The Morgan fingerprint density at radius 1 is 0.976 bits per heavy atom. The number of hydrogen-bond acceptors (Lipinski definition) is 15. The number of fused-ring (bicyclic) bond motifs is 3. The third-order valence-corrected chi connectivity index (χ3v) is 20.0. The number of hydrogen-bond donors (Lipinski definition) is 5. The molecule has 5 aliphatic rings. The summed E-state index contributed by atoms with van der Waals surface area (Å²) in [5.41, 5.74) is 6.48. The van der Waals surface area contributed by atoms with Crippen molar-refractivity contribution in [3.63, 3.8) is 0 Å². The van der Waals surface area contributed by atoms with Crippen molar-refractivity contribution in [2.75, 3.05) is 70.8 Å². The summed E-state index contributed by atoms with van der Waals surface area (Å²) in [5.74, 6) is 0.863. The highest BCUT2D eigenvalue weighted by atomic mass is 32.2. The number of anilines is 2. The number of halogens is 1. The van der Waals surface area contributed by atoms with Gasteiger partial charge >= 0.3 is 0 Å². The summed E-state index contributed by atoms with van der Waals surface area (Å²) in [6.45, 7) is 14.0. The Labute approximate surface area is 490 Å². The molecule has 12 rings (SSSR count). The van der Waals surface area contributed by atoms with Crippen molar-refractivity contribution in [1.29, 1.82) is 0 Å². The van der Waals surface area contributed by atoms with E-state index in [0.29, 0.717) is 48.2 Å². The summed E-state index contributed by atoms with van der Waals surface area (Å²) in [5, 5.41) is 27.9. The molecule has 1 spiro atoms. The number of furan rings is 1. The Kier molecular flexibility index (Phi) is 15.5. The molecule has 0 radical (unpaired) electrons. The number of amides is 1. The van der Waals surface area contributed by atoms with Crippen LogP contribution in [0.15, 0.2) is 94.5 Å². The van der Waals surface area contributed by atoms with Gasteiger partial charge in [-0.15, -0.1) is 0 Å². The number of H-pyrrole nitrogens is 1. The van der Waals surface area contributed by atoms with Crippen molar-refractivity contribution >= 4 is 60.8 Å². The number of sulfonamides is 1. The van der Waals surface area contributed by atoms with Crippen LogP contribution in [0.4, 0.5) is 21.5 Å². The maximum atomic E-state index is 15.1. The van der Waals surface area contributed by atoms with Crippen molar-refractivity contribution in [2.45, 2.75) is 121 Å². The first kappa shape index (κ1) is 57.4. The number of carbonyl (C=O) groups excluding carboxylic acids is 1. The average Bonchev–Trinajstić information content (AvgIpc) is 2.48. The van der Waals surface area contributed by atoms with Crippen molar-refractivity contribution in [1.82, 2.24) is 29.5 Å². The molecule has 0 bridgehead atoms. The molecule has 5 N–H and O–H groups in total. The number of quaternary nitrogens is 1. The summed E-state index contributed by atoms with van der Waals surface area (Å²) in [7, 11) is -0.250. The standard InChI is InChI=1S/C64H76FN9O9S/c1-38(2)44-10-8-9-11-45(44)52-36-72(35-41-12-17-53(80-6)60-47(41)28-39(3)82-60)26-27-74(52)43-32-64(33-43)22-24-73(25-23-64)42-13-14-46(54(29-42)83-55-30-48-49(65)15-16-50(48)69-62(55)81-7)61(75)70-84(78,79)56-31-51(71(5)77)57(59-58(56)67-37-68-59)66-34-40-18-20-63(4,76)21-19-40/h8-15,17,28-31,37-38,40,43,52,66,71,76H,16,18-27,32-36H2,1-7H3,(H,67,68)(H,70,75)/t40-,52-,63-/m0/s1. The van der Waals surface area contributed by atoms with E-state index in [1.807, 2.05) is 19.9 Å². The molecule has 1 unspecified atom stereocenters. The number of aryl methyl sites for hydroxylation is 1. The zero-order valence-corrected chi connectivity index (χ0v) is 49.8. The molecule has 2 atom stereocenters. The van der Waals surface area contributed by atoms with Gasteiger partial charge in [0.2, 0.25) is 0 Å². The summed E-state index contributed by atoms with van der Waals surface area (Å²) in [6, 6.07) is 23.7. The smallest absolute Gasteiger partial charge is 0.268 e. The predicted molar refractivity (Wildman–Crippen MR) is 321 cm³/mol. The number of ether oxygens (including phenoxy) is 3. The number of nitrogens with one attached hydrogen (secondary N) is 4. The van der Waals surface area contributed by atoms with Crippen molar-refractivity contribution in [3.8, 4) is 23.1 Å². The van der Waals surface area contributed by atoms with Gasteiger partial charge in [0.15, 0.2) is 22.8 Å². The van der Waals surface area contributed by atoms with Crippen LogP contribution < -0.4 is 34.2 Å². The third-order valence-electron chi connectivity index (χ3n) is 18.7. The van der Waals surface area contributed by atoms with Gasteiger partial charge in [0.1, 0.15) is 33.4 Å². The number of aromatic amines is 1. The van der Waals surface area contributed by atoms with Crippen LogP contribution in [0.3, 0.4) is 0 Å². The van der Waals surface area contributed by atoms with Gasteiger partial charge in [-0.25, -0.2) is 27.5 Å². The van der Waals surface area contributed by atoms with Gasteiger partial charge in [0, 0.05) is 93.1 Å². The van der Waals surface area contributed by atoms with E-state index in [9.17, 15) is 23.5 Å². The van der Waals surface area contributed by atoms with Crippen LogP contribution >= 0.6 is 0 Å². The van der Waals surface area contributed by atoms with Crippen LogP contribution in [-0.2, 0) is 23.0 Å². The summed E-state index contributed by atoms with van der Waals surface area (Å²) in [4.78, 5) is 33.8. The van der Waals surface area contributed by atoms with Gasteiger partial charge < -0.3 is 49.2 Å². The first-order chi connectivity index (χ1) is 40.3. The molecule has 4 fully saturated rings. The van der Waals surface area contributed by atoms with E-state index in [-0.39, 0.29) is 68.4 Å². The average molecular weight is 1170 g/mol. The SMILES string of the molecule is COc1nc2c(cc1Oc1cc(N3CCC4(CC3)CC(N3CCN(Cc5ccc(OC)c6oc(C)cc56)C[C@H]3c3ccccc3C(C)C)C4)ccc1C(=O)NS(=O)(=O)c1cc([NH+](C)[O-])c(NC[C@H]3CC[C@](C)(O)CC3)c3[nH]cnc13)C(F)=CC2. The Morgan fingerprint density at radius 2 is 1.75 bits per heavy atom. The maximum Gasteiger partial charge on any atom is 0.268 e. The van der Waals surface area contributed by atoms with E-state index >= 15 is 4.39 Å². The molecule has 2 saturated carbocycles.